The quantitative estimate of drug-likeness (QED) is 0.592. The van der Waals surface area contributed by atoms with Crippen molar-refractivity contribution in [3.63, 3.8) is 0 Å². The van der Waals surface area contributed by atoms with Gasteiger partial charge in [0.05, 0.1) is 12.6 Å². The van der Waals surface area contributed by atoms with Crippen molar-refractivity contribution in [2.45, 2.75) is 53.5 Å². The fourth-order valence-corrected chi connectivity index (χ4v) is 3.06. The fraction of sp³-hybridized carbons (Fsp3) is 0.571. The summed E-state index contributed by atoms with van der Waals surface area (Å²) in [5.74, 6) is 0.528. The molecule has 6 nitrogen and oxygen atoms in total. The minimum absolute atomic E-state index is 0.0206. The van der Waals surface area contributed by atoms with E-state index in [-0.39, 0.29) is 24.2 Å². The normalized spacial score (nSPS) is 11.2. The van der Waals surface area contributed by atoms with Crippen LogP contribution in [0.1, 0.15) is 57.4 Å². The fourth-order valence-electron chi connectivity index (χ4n) is 3.06. The molecule has 6 heteroatoms. The van der Waals surface area contributed by atoms with Gasteiger partial charge in [0.1, 0.15) is 18.0 Å². The van der Waals surface area contributed by atoms with Gasteiger partial charge in [-0.25, -0.2) is 0 Å². The van der Waals surface area contributed by atoms with Crippen LogP contribution in [0, 0.1) is 5.92 Å². The molecule has 0 aliphatic heterocycles. The Morgan fingerprint density at radius 1 is 1.19 bits per heavy atom. The zero-order valence-corrected chi connectivity index (χ0v) is 17.1. The third kappa shape index (κ3) is 4.87. The van der Waals surface area contributed by atoms with Gasteiger partial charge in [0.25, 0.3) is 0 Å². The first kappa shape index (κ1) is 20.9. The maximum Gasteiger partial charge on any atom is 0.244 e. The number of amides is 1. The maximum absolute atomic E-state index is 12.9. The highest BCUT2D eigenvalue weighted by Gasteiger charge is 2.22. The van der Waals surface area contributed by atoms with Gasteiger partial charge in [-0.1, -0.05) is 34.1 Å². The lowest BCUT2D eigenvalue weighted by Gasteiger charge is -2.22. The molecule has 2 aromatic rings. The number of Topliss-reactive ketones (excluding diaryl/α,β-unsaturated/α-hetero) is 1. The van der Waals surface area contributed by atoms with E-state index in [1.165, 1.54) is 0 Å². The summed E-state index contributed by atoms with van der Waals surface area (Å²) in [6.07, 6.45) is 2.94. The number of hydrogen-bond acceptors (Lipinski definition) is 4. The predicted molar refractivity (Wildman–Crippen MR) is 107 cm³/mol. The lowest BCUT2D eigenvalue weighted by Crippen LogP contribution is -2.35. The molecule has 0 fully saturated rings. The monoisotopic (exact) mass is 373 g/mol. The Kier molecular flexibility index (Phi) is 7.39. The summed E-state index contributed by atoms with van der Waals surface area (Å²) < 4.78 is 6.96. The molecule has 1 amide bonds. The van der Waals surface area contributed by atoms with E-state index < -0.39 is 0 Å². The molecule has 2 rings (SSSR count). The van der Waals surface area contributed by atoms with E-state index in [0.717, 1.165) is 43.3 Å². The maximum atomic E-state index is 12.9. The summed E-state index contributed by atoms with van der Waals surface area (Å²) in [5.41, 5.74) is 1.17. The van der Waals surface area contributed by atoms with E-state index in [4.69, 9.17) is 4.74 Å². The van der Waals surface area contributed by atoms with E-state index in [0.29, 0.717) is 11.4 Å². The third-order valence-corrected chi connectivity index (χ3v) is 4.63. The number of hydrogen-bond donors (Lipinski definition) is 0. The van der Waals surface area contributed by atoms with Crippen LogP contribution in [0.25, 0.3) is 10.9 Å². The summed E-state index contributed by atoms with van der Waals surface area (Å²) in [5, 5.41) is 5.27. The van der Waals surface area contributed by atoms with Crippen molar-refractivity contribution in [2.24, 2.45) is 5.92 Å². The largest absolute Gasteiger partial charge is 0.497 e. The van der Waals surface area contributed by atoms with Crippen LogP contribution in [0.4, 0.5) is 0 Å². The molecule has 0 aliphatic carbocycles. The molecule has 0 unspecified atom stereocenters. The number of carbonyl (C=O) groups is 2. The number of carbonyl (C=O) groups excluding carboxylic acids is 2. The summed E-state index contributed by atoms with van der Waals surface area (Å²) in [6.45, 7) is 9.51. The smallest absolute Gasteiger partial charge is 0.244 e. The number of ketones is 1. The number of benzene rings is 1. The second kappa shape index (κ2) is 9.53. The van der Waals surface area contributed by atoms with Crippen molar-refractivity contribution in [3.05, 3.63) is 23.9 Å². The van der Waals surface area contributed by atoms with E-state index in [1.54, 1.807) is 11.8 Å². The number of nitrogens with zero attached hydrogens (tertiary/aromatic N) is 3. The van der Waals surface area contributed by atoms with E-state index in [9.17, 15) is 9.59 Å². The van der Waals surface area contributed by atoms with Crippen LogP contribution in [-0.4, -0.2) is 46.6 Å². The highest BCUT2D eigenvalue weighted by atomic mass is 16.5. The van der Waals surface area contributed by atoms with E-state index >= 15 is 0 Å². The van der Waals surface area contributed by atoms with Gasteiger partial charge in [0, 0.05) is 30.5 Å². The van der Waals surface area contributed by atoms with Crippen molar-refractivity contribution >= 4 is 22.6 Å². The Morgan fingerprint density at radius 2 is 1.93 bits per heavy atom. The van der Waals surface area contributed by atoms with E-state index in [2.05, 4.69) is 18.9 Å². The number of methoxy groups -OCH3 is 1. The first-order valence-electron chi connectivity index (χ1n) is 9.79. The van der Waals surface area contributed by atoms with Gasteiger partial charge in [-0.3, -0.25) is 14.3 Å². The Bertz CT molecular complexity index is 795. The summed E-state index contributed by atoms with van der Waals surface area (Å²) in [6, 6.07) is 5.50. The van der Waals surface area contributed by atoms with Gasteiger partial charge >= 0.3 is 0 Å². The van der Waals surface area contributed by atoms with Gasteiger partial charge in [0.2, 0.25) is 5.91 Å². The molecule has 0 saturated carbocycles. The number of unbranched alkanes of at least 4 members (excludes halogenated alkanes) is 1. The molecule has 148 valence electrons. The SMILES string of the molecule is CCCCN(CCC)C(=O)Cn1nc(C(=O)C(C)C)c2ccc(OC)cc21. The average Bonchev–Trinajstić information content (AvgIpc) is 3.01. The van der Waals surface area contributed by atoms with Gasteiger partial charge < -0.3 is 9.64 Å². The highest BCUT2D eigenvalue weighted by molar-refractivity contribution is 6.07. The van der Waals surface area contributed by atoms with Crippen molar-refractivity contribution in [1.29, 1.82) is 0 Å². The summed E-state index contributed by atoms with van der Waals surface area (Å²) >= 11 is 0. The van der Waals surface area contributed by atoms with Crippen molar-refractivity contribution in [2.75, 3.05) is 20.2 Å². The van der Waals surface area contributed by atoms with Gasteiger partial charge in [-0.2, -0.15) is 5.10 Å². The van der Waals surface area contributed by atoms with Crippen LogP contribution >= 0.6 is 0 Å². The Hall–Kier alpha value is -2.37. The molecule has 0 aliphatic rings. The van der Waals surface area contributed by atoms with Crippen LogP contribution < -0.4 is 4.74 Å². The highest BCUT2D eigenvalue weighted by Crippen LogP contribution is 2.25. The number of rotatable bonds is 10. The molecule has 27 heavy (non-hydrogen) atoms. The topological polar surface area (TPSA) is 64.4 Å². The molecule has 0 saturated heterocycles. The molecule has 0 radical (unpaired) electrons. The van der Waals surface area contributed by atoms with Crippen LogP contribution in [0.2, 0.25) is 0 Å². The first-order chi connectivity index (χ1) is 12.9. The molecule has 1 heterocycles. The second-order valence-electron chi connectivity index (χ2n) is 7.14. The second-order valence-corrected chi connectivity index (χ2v) is 7.14. The van der Waals surface area contributed by atoms with E-state index in [1.807, 2.05) is 36.9 Å². The lowest BCUT2D eigenvalue weighted by molar-refractivity contribution is -0.132. The number of ether oxygens (including phenoxy) is 1. The molecule has 0 bridgehead atoms. The minimum atomic E-state index is -0.157. The molecular formula is C21H31N3O3. The van der Waals surface area contributed by atoms with Crippen molar-refractivity contribution in [1.82, 2.24) is 14.7 Å². The zero-order valence-electron chi connectivity index (χ0n) is 17.1. The molecule has 0 atom stereocenters. The van der Waals surface area contributed by atoms with Crippen LogP contribution in [0.5, 0.6) is 5.75 Å². The lowest BCUT2D eigenvalue weighted by atomic mass is 10.0. The zero-order chi connectivity index (χ0) is 20.0. The first-order valence-corrected chi connectivity index (χ1v) is 9.79. The Morgan fingerprint density at radius 3 is 2.52 bits per heavy atom. The van der Waals surface area contributed by atoms with Crippen LogP contribution in [-0.2, 0) is 11.3 Å². The Labute approximate surface area is 161 Å². The number of fused-ring (bicyclic) bond motifs is 1. The molecule has 0 spiro atoms. The van der Waals surface area contributed by atoms with Gasteiger partial charge in [-0.15, -0.1) is 0 Å². The number of aromatic nitrogens is 2. The summed E-state index contributed by atoms with van der Waals surface area (Å²) in [7, 11) is 1.60. The van der Waals surface area contributed by atoms with Crippen molar-refractivity contribution in [3.8, 4) is 5.75 Å². The van der Waals surface area contributed by atoms with Gasteiger partial charge in [0.15, 0.2) is 5.78 Å². The van der Waals surface area contributed by atoms with Gasteiger partial charge in [-0.05, 0) is 25.0 Å². The molecule has 0 N–H and O–H groups in total. The molecule has 1 aromatic carbocycles. The minimum Gasteiger partial charge on any atom is -0.497 e. The summed E-state index contributed by atoms with van der Waals surface area (Å²) in [4.78, 5) is 27.3. The van der Waals surface area contributed by atoms with Crippen LogP contribution in [0.3, 0.4) is 0 Å². The van der Waals surface area contributed by atoms with Crippen molar-refractivity contribution < 1.29 is 14.3 Å². The molecular weight excluding hydrogens is 342 g/mol. The molecule has 1 aromatic heterocycles. The van der Waals surface area contributed by atoms with Crippen LogP contribution in [0.15, 0.2) is 18.2 Å². The standard InChI is InChI=1S/C21H31N3O3/c1-6-8-12-23(11-7-2)19(25)14-24-18-13-16(27-5)9-10-17(18)20(22-24)21(26)15(3)4/h9-10,13,15H,6-8,11-12,14H2,1-5H3. The third-order valence-electron chi connectivity index (χ3n) is 4.63. The Balaban J connectivity index is 2.40. The predicted octanol–water partition coefficient (Wildman–Crippen LogP) is 3.92. The average molecular weight is 373 g/mol.